The zero-order chi connectivity index (χ0) is 22.6. The molecule has 1 unspecified atom stereocenters. The molecule has 0 saturated carbocycles. The van der Waals surface area contributed by atoms with E-state index in [1.54, 1.807) is 18.4 Å². The smallest absolute Gasteiger partial charge is 0.136 e. The molecule has 3 aromatic rings. The molecule has 170 valence electrons. The molecule has 0 aliphatic rings. The number of hydrogen-bond donors (Lipinski definition) is 1. The summed E-state index contributed by atoms with van der Waals surface area (Å²) >= 11 is 8.14. The van der Waals surface area contributed by atoms with E-state index in [0.29, 0.717) is 5.02 Å². The highest BCUT2D eigenvalue weighted by atomic mass is 35.5. The Bertz CT molecular complexity index is 1090. The summed E-state index contributed by atoms with van der Waals surface area (Å²) in [5.41, 5.74) is 9.79. The Morgan fingerprint density at radius 2 is 1.94 bits per heavy atom. The number of aromatic nitrogens is 1. The molecular weight excluding hydrogens is 459 g/mol. The van der Waals surface area contributed by atoms with Gasteiger partial charge in [-0.15, -0.1) is 30.2 Å². The maximum absolute atomic E-state index is 6.97. The predicted octanol–water partition coefficient (Wildman–Crippen LogP) is 7.27. The first kappa shape index (κ1) is 26.2. The first-order valence-corrected chi connectivity index (χ1v) is 11.7. The fourth-order valence-electron chi connectivity index (χ4n) is 3.95. The van der Waals surface area contributed by atoms with Crippen LogP contribution in [0.15, 0.2) is 42.5 Å². The van der Waals surface area contributed by atoms with E-state index in [1.165, 1.54) is 0 Å². The lowest BCUT2D eigenvalue weighted by Crippen LogP contribution is -2.41. The summed E-state index contributed by atoms with van der Waals surface area (Å²) in [7, 11) is 1.64. The SMILES string of the molecule is C#CC(N)(c1nc(-c2cc(C)c(OC)cc2Cl)c(C)s1)[C@@H](CCCC)c1ccccc1.Cl. The summed E-state index contributed by atoms with van der Waals surface area (Å²) in [6.45, 7) is 6.20. The highest BCUT2D eigenvalue weighted by Crippen LogP contribution is 2.43. The lowest BCUT2D eigenvalue weighted by molar-refractivity contribution is 0.412. The number of unbranched alkanes of at least 4 members (excludes halogenated alkanes) is 1. The Kier molecular flexibility index (Phi) is 9.18. The average molecular weight is 490 g/mol. The van der Waals surface area contributed by atoms with Gasteiger partial charge in [0.05, 0.1) is 17.8 Å². The van der Waals surface area contributed by atoms with Crippen molar-refractivity contribution in [2.45, 2.75) is 51.5 Å². The molecule has 0 amide bonds. The van der Waals surface area contributed by atoms with Crippen LogP contribution in [0.25, 0.3) is 11.3 Å². The van der Waals surface area contributed by atoms with Gasteiger partial charge in [-0.05, 0) is 43.5 Å². The Morgan fingerprint density at radius 3 is 2.53 bits per heavy atom. The van der Waals surface area contributed by atoms with Crippen molar-refractivity contribution in [2.75, 3.05) is 7.11 Å². The van der Waals surface area contributed by atoms with Crippen LogP contribution in [-0.2, 0) is 5.54 Å². The van der Waals surface area contributed by atoms with E-state index in [0.717, 1.165) is 57.3 Å². The standard InChI is InChI=1S/C26H29ClN2OS.ClH/c1-6-8-14-21(19-12-10-9-11-13-19)26(28,7-2)25-29-24(18(4)31-25)20-15-17(3)23(30-5)16-22(20)27;/h2,9-13,15-16,21H,6,8,14,28H2,1,3-5H3;1H/t21-,26?;/m0./s1. The van der Waals surface area contributed by atoms with Gasteiger partial charge < -0.3 is 10.5 Å². The van der Waals surface area contributed by atoms with Crippen LogP contribution in [0.5, 0.6) is 5.75 Å². The molecular formula is C26H30Cl2N2OS. The highest BCUT2D eigenvalue weighted by molar-refractivity contribution is 7.12. The lowest BCUT2D eigenvalue weighted by Gasteiger charge is -2.32. The Morgan fingerprint density at radius 1 is 1.25 bits per heavy atom. The highest BCUT2D eigenvalue weighted by Gasteiger charge is 2.39. The van der Waals surface area contributed by atoms with E-state index < -0.39 is 5.54 Å². The Labute approximate surface area is 206 Å². The summed E-state index contributed by atoms with van der Waals surface area (Å²) in [6.07, 6.45) is 9.11. The predicted molar refractivity (Wildman–Crippen MR) is 139 cm³/mol. The van der Waals surface area contributed by atoms with Crippen LogP contribution in [0, 0.1) is 26.2 Å². The largest absolute Gasteiger partial charge is 0.496 e. The normalized spacial score (nSPS) is 13.5. The third-order valence-corrected chi connectivity index (χ3v) is 7.16. The number of nitrogens with two attached hydrogens (primary N) is 1. The Balaban J connectivity index is 0.00000363. The van der Waals surface area contributed by atoms with Gasteiger partial charge in [0.2, 0.25) is 0 Å². The van der Waals surface area contributed by atoms with Crippen LogP contribution in [0.4, 0.5) is 0 Å². The quantitative estimate of drug-likeness (QED) is 0.339. The maximum Gasteiger partial charge on any atom is 0.136 e. The van der Waals surface area contributed by atoms with Gasteiger partial charge in [0.1, 0.15) is 16.3 Å². The number of methoxy groups -OCH3 is 1. The van der Waals surface area contributed by atoms with Crippen LogP contribution in [0.2, 0.25) is 5.02 Å². The molecule has 3 nitrogen and oxygen atoms in total. The number of thiazole rings is 1. The number of aryl methyl sites for hydroxylation is 2. The van der Waals surface area contributed by atoms with Gasteiger partial charge in [0.15, 0.2) is 0 Å². The van der Waals surface area contributed by atoms with Crippen molar-refractivity contribution in [1.29, 1.82) is 0 Å². The van der Waals surface area contributed by atoms with Crippen LogP contribution >= 0.6 is 35.3 Å². The molecule has 2 atom stereocenters. The average Bonchev–Trinajstić information content (AvgIpc) is 3.17. The van der Waals surface area contributed by atoms with Crippen LogP contribution in [-0.4, -0.2) is 12.1 Å². The summed E-state index contributed by atoms with van der Waals surface area (Å²) in [4.78, 5) is 6.00. The van der Waals surface area contributed by atoms with Crippen LogP contribution in [0.1, 0.15) is 53.1 Å². The molecule has 32 heavy (non-hydrogen) atoms. The number of rotatable bonds is 8. The van der Waals surface area contributed by atoms with Crippen molar-refractivity contribution in [1.82, 2.24) is 4.98 Å². The summed E-state index contributed by atoms with van der Waals surface area (Å²) in [6, 6.07) is 14.1. The topological polar surface area (TPSA) is 48.1 Å². The van der Waals surface area contributed by atoms with Crippen LogP contribution in [0.3, 0.4) is 0 Å². The summed E-state index contributed by atoms with van der Waals surface area (Å²) in [5, 5.41) is 1.34. The van der Waals surface area contributed by atoms with Crippen molar-refractivity contribution in [3.05, 3.63) is 68.5 Å². The summed E-state index contributed by atoms with van der Waals surface area (Å²) in [5.74, 6) is 3.64. The van der Waals surface area contributed by atoms with Gasteiger partial charge in [0.25, 0.3) is 0 Å². The van der Waals surface area contributed by atoms with Crippen molar-refractivity contribution < 1.29 is 4.74 Å². The van der Waals surface area contributed by atoms with E-state index in [1.807, 2.05) is 44.2 Å². The van der Waals surface area contributed by atoms with E-state index in [9.17, 15) is 0 Å². The van der Waals surface area contributed by atoms with Gasteiger partial charge in [0, 0.05) is 16.4 Å². The number of terminal acetylenes is 1. The molecule has 0 bridgehead atoms. The first-order chi connectivity index (χ1) is 14.8. The number of hydrogen-bond acceptors (Lipinski definition) is 4. The maximum atomic E-state index is 6.97. The molecule has 1 aromatic heterocycles. The third-order valence-electron chi connectivity index (χ3n) is 5.73. The number of ether oxygens (including phenoxy) is 1. The molecule has 0 saturated heterocycles. The van der Waals surface area contributed by atoms with Crippen molar-refractivity contribution in [3.63, 3.8) is 0 Å². The zero-order valence-electron chi connectivity index (χ0n) is 18.9. The molecule has 0 aliphatic heterocycles. The minimum atomic E-state index is -1.00. The fourth-order valence-corrected chi connectivity index (χ4v) is 5.24. The van der Waals surface area contributed by atoms with E-state index in [-0.39, 0.29) is 18.3 Å². The van der Waals surface area contributed by atoms with Gasteiger partial charge in [-0.1, -0.05) is 67.6 Å². The van der Waals surface area contributed by atoms with Gasteiger partial charge >= 0.3 is 0 Å². The second kappa shape index (κ2) is 11.2. The number of halogens is 2. The van der Waals surface area contributed by atoms with E-state index in [2.05, 4.69) is 25.0 Å². The molecule has 0 aliphatic carbocycles. The second-order valence-electron chi connectivity index (χ2n) is 7.84. The lowest BCUT2D eigenvalue weighted by atomic mass is 9.77. The zero-order valence-corrected chi connectivity index (χ0v) is 21.3. The molecule has 3 rings (SSSR count). The van der Waals surface area contributed by atoms with Crippen molar-refractivity contribution in [3.8, 4) is 29.4 Å². The van der Waals surface area contributed by atoms with Gasteiger partial charge in [-0.2, -0.15) is 0 Å². The van der Waals surface area contributed by atoms with Crippen LogP contribution < -0.4 is 10.5 Å². The fraction of sp³-hybridized carbons (Fsp3) is 0.346. The minimum Gasteiger partial charge on any atom is -0.496 e. The molecule has 0 fully saturated rings. The molecule has 1 heterocycles. The molecule has 2 N–H and O–H groups in total. The molecule has 0 spiro atoms. The number of nitrogens with zero attached hydrogens (tertiary/aromatic N) is 1. The van der Waals surface area contributed by atoms with E-state index >= 15 is 0 Å². The van der Waals surface area contributed by atoms with Crippen molar-refractivity contribution in [2.24, 2.45) is 5.73 Å². The minimum absolute atomic E-state index is 0. The first-order valence-electron chi connectivity index (χ1n) is 10.5. The van der Waals surface area contributed by atoms with E-state index in [4.69, 9.17) is 33.5 Å². The monoisotopic (exact) mass is 488 g/mol. The van der Waals surface area contributed by atoms with Crippen molar-refractivity contribution >= 4 is 35.3 Å². The summed E-state index contributed by atoms with van der Waals surface area (Å²) < 4.78 is 5.39. The molecule has 2 aromatic carbocycles. The van der Waals surface area contributed by atoms with Gasteiger partial charge in [-0.3, -0.25) is 0 Å². The van der Waals surface area contributed by atoms with Gasteiger partial charge in [-0.25, -0.2) is 4.98 Å². The second-order valence-corrected chi connectivity index (χ2v) is 9.45. The molecule has 6 heteroatoms. The number of benzene rings is 2. The Hall–Kier alpha value is -2.03. The molecule has 0 radical (unpaired) electrons. The third kappa shape index (κ3) is 5.13.